The smallest absolute Gasteiger partial charge is 0.123 e. The zero-order valence-electron chi connectivity index (χ0n) is 10.4. The molecule has 1 N–H and O–H groups in total. The molecule has 0 saturated heterocycles. The molecule has 1 aliphatic carbocycles. The van der Waals surface area contributed by atoms with Crippen molar-refractivity contribution in [1.82, 2.24) is 5.32 Å². The number of hydrogen-bond acceptors (Lipinski definition) is 3. The van der Waals surface area contributed by atoms with Crippen molar-refractivity contribution < 1.29 is 9.13 Å². The standard InChI is InChI=1S/C14H17FN2O/c1-17-8-10-4-14(5-10)18-9-12-6-13(15)3-2-11(12)7-16/h2-3,6,10,14,17H,4-5,8-9H2,1H3. The maximum absolute atomic E-state index is 13.1. The SMILES string of the molecule is CNCC1CC(OCc2cc(F)ccc2C#N)C1. The van der Waals surface area contributed by atoms with Crippen molar-refractivity contribution in [2.24, 2.45) is 5.92 Å². The van der Waals surface area contributed by atoms with Crippen LogP contribution in [0.5, 0.6) is 0 Å². The van der Waals surface area contributed by atoms with E-state index < -0.39 is 0 Å². The van der Waals surface area contributed by atoms with Gasteiger partial charge in [0.05, 0.1) is 24.3 Å². The highest BCUT2D eigenvalue weighted by molar-refractivity contribution is 5.37. The van der Waals surface area contributed by atoms with E-state index in [4.69, 9.17) is 10.00 Å². The Hall–Kier alpha value is -1.44. The van der Waals surface area contributed by atoms with E-state index in [0.717, 1.165) is 19.4 Å². The Morgan fingerprint density at radius 3 is 2.94 bits per heavy atom. The van der Waals surface area contributed by atoms with Gasteiger partial charge in [-0.25, -0.2) is 4.39 Å². The Kier molecular flexibility index (Phi) is 4.29. The predicted octanol–water partition coefficient (Wildman–Crippen LogP) is 2.21. The fourth-order valence-electron chi connectivity index (χ4n) is 2.26. The van der Waals surface area contributed by atoms with Gasteiger partial charge in [-0.05, 0) is 56.1 Å². The van der Waals surface area contributed by atoms with Crippen molar-refractivity contribution in [2.75, 3.05) is 13.6 Å². The second-order valence-corrected chi connectivity index (χ2v) is 4.74. The summed E-state index contributed by atoms with van der Waals surface area (Å²) >= 11 is 0. The summed E-state index contributed by atoms with van der Waals surface area (Å²) in [4.78, 5) is 0. The Morgan fingerprint density at radius 2 is 2.28 bits per heavy atom. The maximum Gasteiger partial charge on any atom is 0.123 e. The first-order valence-corrected chi connectivity index (χ1v) is 6.17. The molecule has 96 valence electrons. The summed E-state index contributed by atoms with van der Waals surface area (Å²) in [6.45, 7) is 1.33. The van der Waals surface area contributed by atoms with Gasteiger partial charge in [-0.1, -0.05) is 0 Å². The van der Waals surface area contributed by atoms with Crippen LogP contribution in [0.25, 0.3) is 0 Å². The van der Waals surface area contributed by atoms with E-state index in [1.807, 2.05) is 7.05 Å². The molecule has 1 fully saturated rings. The molecule has 2 rings (SSSR count). The van der Waals surface area contributed by atoms with Crippen molar-refractivity contribution in [3.05, 3.63) is 35.1 Å². The van der Waals surface area contributed by atoms with Crippen LogP contribution in [0.15, 0.2) is 18.2 Å². The number of benzene rings is 1. The second kappa shape index (κ2) is 5.94. The number of hydrogen-bond donors (Lipinski definition) is 1. The molecule has 0 heterocycles. The molecular weight excluding hydrogens is 231 g/mol. The lowest BCUT2D eigenvalue weighted by atomic mass is 9.82. The van der Waals surface area contributed by atoms with Crippen molar-refractivity contribution in [2.45, 2.75) is 25.6 Å². The van der Waals surface area contributed by atoms with Gasteiger partial charge in [0.25, 0.3) is 0 Å². The van der Waals surface area contributed by atoms with Crippen molar-refractivity contribution in [1.29, 1.82) is 5.26 Å². The third-order valence-corrected chi connectivity index (χ3v) is 3.35. The topological polar surface area (TPSA) is 45.0 Å². The molecule has 0 aromatic heterocycles. The molecule has 0 spiro atoms. The van der Waals surface area contributed by atoms with Crippen LogP contribution in [0, 0.1) is 23.1 Å². The number of ether oxygens (including phenoxy) is 1. The zero-order chi connectivity index (χ0) is 13.0. The minimum absolute atomic E-state index is 0.248. The van der Waals surface area contributed by atoms with E-state index in [0.29, 0.717) is 23.7 Å². The lowest BCUT2D eigenvalue weighted by Crippen LogP contribution is -2.36. The van der Waals surface area contributed by atoms with E-state index in [-0.39, 0.29) is 11.9 Å². The molecule has 0 aliphatic heterocycles. The molecule has 18 heavy (non-hydrogen) atoms. The molecule has 1 aromatic carbocycles. The summed E-state index contributed by atoms with van der Waals surface area (Å²) in [6, 6.07) is 6.23. The summed E-state index contributed by atoms with van der Waals surface area (Å²) in [5.74, 6) is 0.359. The molecule has 1 saturated carbocycles. The molecule has 0 bridgehead atoms. The quantitative estimate of drug-likeness (QED) is 0.869. The van der Waals surface area contributed by atoms with Gasteiger partial charge in [-0.2, -0.15) is 5.26 Å². The number of nitrogens with one attached hydrogen (secondary N) is 1. The Morgan fingerprint density at radius 1 is 1.50 bits per heavy atom. The summed E-state index contributed by atoms with van der Waals surface area (Å²) < 4.78 is 18.8. The van der Waals surface area contributed by atoms with Gasteiger partial charge in [-0.3, -0.25) is 0 Å². The van der Waals surface area contributed by atoms with E-state index in [1.165, 1.54) is 18.2 Å². The van der Waals surface area contributed by atoms with E-state index >= 15 is 0 Å². The minimum atomic E-state index is -0.325. The maximum atomic E-state index is 13.1. The number of rotatable bonds is 5. The van der Waals surface area contributed by atoms with Crippen molar-refractivity contribution >= 4 is 0 Å². The van der Waals surface area contributed by atoms with Crippen LogP contribution in [0.1, 0.15) is 24.0 Å². The van der Waals surface area contributed by atoms with Crippen molar-refractivity contribution in [3.8, 4) is 6.07 Å². The molecule has 3 nitrogen and oxygen atoms in total. The van der Waals surface area contributed by atoms with Crippen molar-refractivity contribution in [3.63, 3.8) is 0 Å². The van der Waals surface area contributed by atoms with Gasteiger partial charge >= 0.3 is 0 Å². The van der Waals surface area contributed by atoms with Crippen LogP contribution in [0.3, 0.4) is 0 Å². The van der Waals surface area contributed by atoms with Gasteiger partial charge in [0.1, 0.15) is 5.82 Å². The fourth-order valence-corrected chi connectivity index (χ4v) is 2.26. The average Bonchev–Trinajstić information content (AvgIpc) is 2.32. The number of nitrogens with zero attached hydrogens (tertiary/aromatic N) is 1. The van der Waals surface area contributed by atoms with E-state index in [9.17, 15) is 4.39 Å². The van der Waals surface area contributed by atoms with E-state index in [1.54, 1.807) is 0 Å². The molecule has 0 atom stereocenters. The van der Waals surface area contributed by atoms with Gasteiger partial charge in [0.15, 0.2) is 0 Å². The van der Waals surface area contributed by atoms with Crippen LogP contribution < -0.4 is 5.32 Å². The third-order valence-electron chi connectivity index (χ3n) is 3.35. The first-order valence-electron chi connectivity index (χ1n) is 6.17. The highest BCUT2D eigenvalue weighted by Crippen LogP contribution is 2.30. The van der Waals surface area contributed by atoms with Crippen LogP contribution in [0.2, 0.25) is 0 Å². The average molecular weight is 248 g/mol. The molecule has 1 aliphatic rings. The lowest BCUT2D eigenvalue weighted by Gasteiger charge is -2.35. The van der Waals surface area contributed by atoms with Gasteiger partial charge in [0, 0.05) is 0 Å². The lowest BCUT2D eigenvalue weighted by molar-refractivity contribution is -0.0392. The summed E-state index contributed by atoms with van der Waals surface area (Å²) in [5, 5.41) is 12.1. The van der Waals surface area contributed by atoms with Crippen LogP contribution in [-0.4, -0.2) is 19.7 Å². The summed E-state index contributed by atoms with van der Waals surface area (Å²) in [7, 11) is 1.94. The largest absolute Gasteiger partial charge is 0.373 e. The van der Waals surface area contributed by atoms with Crippen LogP contribution in [-0.2, 0) is 11.3 Å². The molecule has 0 amide bonds. The van der Waals surface area contributed by atoms with Gasteiger partial charge in [0.2, 0.25) is 0 Å². The van der Waals surface area contributed by atoms with Gasteiger partial charge in [-0.15, -0.1) is 0 Å². The summed E-state index contributed by atoms with van der Waals surface area (Å²) in [6.07, 6.45) is 2.33. The fraction of sp³-hybridized carbons (Fsp3) is 0.500. The Labute approximate surface area is 107 Å². The zero-order valence-corrected chi connectivity index (χ0v) is 10.4. The van der Waals surface area contributed by atoms with Crippen LogP contribution >= 0.6 is 0 Å². The normalized spacial score (nSPS) is 22.3. The summed E-state index contributed by atoms with van der Waals surface area (Å²) in [5.41, 5.74) is 1.12. The Bertz CT molecular complexity index is 450. The highest BCUT2D eigenvalue weighted by Gasteiger charge is 2.29. The monoisotopic (exact) mass is 248 g/mol. The molecule has 0 radical (unpaired) electrons. The first kappa shape index (κ1) is 13.0. The van der Waals surface area contributed by atoms with E-state index in [2.05, 4.69) is 11.4 Å². The third kappa shape index (κ3) is 3.06. The molecule has 1 aromatic rings. The molecular formula is C14H17FN2O. The Balaban J connectivity index is 1.84. The first-order chi connectivity index (χ1) is 8.72. The molecule has 4 heteroatoms. The van der Waals surface area contributed by atoms with Gasteiger partial charge < -0.3 is 10.1 Å². The second-order valence-electron chi connectivity index (χ2n) is 4.74. The molecule has 0 unspecified atom stereocenters. The number of halogens is 1. The predicted molar refractivity (Wildman–Crippen MR) is 66.3 cm³/mol. The highest BCUT2D eigenvalue weighted by atomic mass is 19.1. The number of nitriles is 1. The minimum Gasteiger partial charge on any atom is -0.373 e. The van der Waals surface area contributed by atoms with Crippen LogP contribution in [0.4, 0.5) is 4.39 Å².